The number of nitrogens with one attached hydrogen (secondary N) is 1. The van der Waals surface area contributed by atoms with E-state index in [1.165, 1.54) is 6.21 Å². The van der Waals surface area contributed by atoms with Gasteiger partial charge in [-0.05, 0) is 88.3 Å². The van der Waals surface area contributed by atoms with Crippen LogP contribution in [0.4, 0.5) is 0 Å². The number of carbonyl (C=O) groups is 1. The number of hydrogen-bond acceptors (Lipinski definition) is 5. The molecule has 1 amide bonds. The first kappa shape index (κ1) is 22.1. The predicted octanol–water partition coefficient (Wildman–Crippen LogP) is 6.12. The zero-order chi connectivity index (χ0) is 21.0. The number of hydrogen-bond donors (Lipinski definition) is 1. The number of halogens is 3. The average molecular weight is 636 g/mol. The van der Waals surface area contributed by atoms with Crippen LogP contribution in [-0.2, 0) is 0 Å². The van der Waals surface area contributed by atoms with E-state index in [0.29, 0.717) is 30.3 Å². The highest BCUT2D eigenvalue weighted by Crippen LogP contribution is 2.36. The molecule has 9 heteroatoms. The van der Waals surface area contributed by atoms with Gasteiger partial charge in [0.1, 0.15) is 5.58 Å². The van der Waals surface area contributed by atoms with Crippen LogP contribution in [0.5, 0.6) is 11.5 Å². The standard InChI is InChI=1S/C20H17Br2IN2O4/c1-3-27-16-6-11(5-14(22)19(16)28-4-2)10-24-25-20(26)17-8-12-7-13(21)9-15(23)18(12)29-17/h5-10H,3-4H2,1-2H3,(H,25,26)/b24-10-. The molecule has 0 spiro atoms. The number of ether oxygens (including phenoxy) is 2. The molecule has 0 radical (unpaired) electrons. The summed E-state index contributed by atoms with van der Waals surface area (Å²) < 4.78 is 19.5. The molecule has 0 bridgehead atoms. The number of nitrogens with zero attached hydrogens (tertiary/aromatic N) is 1. The fourth-order valence-corrected chi connectivity index (χ4v) is 4.85. The molecule has 6 nitrogen and oxygen atoms in total. The largest absolute Gasteiger partial charge is 0.490 e. The Morgan fingerprint density at radius 1 is 1.17 bits per heavy atom. The molecule has 1 heterocycles. The molecule has 0 fully saturated rings. The van der Waals surface area contributed by atoms with Crippen molar-refractivity contribution in [3.8, 4) is 11.5 Å². The van der Waals surface area contributed by atoms with E-state index in [0.717, 1.165) is 23.5 Å². The minimum absolute atomic E-state index is 0.191. The minimum atomic E-state index is -0.431. The van der Waals surface area contributed by atoms with Crippen molar-refractivity contribution in [1.82, 2.24) is 5.43 Å². The first-order valence-corrected chi connectivity index (χ1v) is 11.4. The second-order valence-electron chi connectivity index (χ2n) is 5.81. The lowest BCUT2D eigenvalue weighted by molar-refractivity contribution is 0.0929. The Morgan fingerprint density at radius 2 is 1.93 bits per heavy atom. The van der Waals surface area contributed by atoms with Crippen molar-refractivity contribution in [3.63, 3.8) is 0 Å². The van der Waals surface area contributed by atoms with E-state index in [1.54, 1.807) is 12.1 Å². The quantitative estimate of drug-likeness (QED) is 0.193. The third-order valence-corrected chi connectivity index (χ3v) is 5.61. The highest BCUT2D eigenvalue weighted by atomic mass is 127. The third kappa shape index (κ3) is 5.32. The Morgan fingerprint density at radius 3 is 2.66 bits per heavy atom. The van der Waals surface area contributed by atoms with Crippen LogP contribution in [0, 0.1) is 3.57 Å². The zero-order valence-electron chi connectivity index (χ0n) is 15.6. The van der Waals surface area contributed by atoms with E-state index in [4.69, 9.17) is 13.9 Å². The van der Waals surface area contributed by atoms with Crippen LogP contribution in [0.1, 0.15) is 30.0 Å². The Balaban J connectivity index is 1.77. The maximum absolute atomic E-state index is 12.4. The second kappa shape index (κ2) is 9.94. The summed E-state index contributed by atoms with van der Waals surface area (Å²) in [6.45, 7) is 4.84. The molecule has 0 aliphatic rings. The van der Waals surface area contributed by atoms with Crippen molar-refractivity contribution in [2.24, 2.45) is 5.10 Å². The lowest BCUT2D eigenvalue weighted by Gasteiger charge is -2.13. The summed E-state index contributed by atoms with van der Waals surface area (Å²) in [5.41, 5.74) is 3.90. The molecular formula is C20H17Br2IN2O4. The summed E-state index contributed by atoms with van der Waals surface area (Å²) in [5.74, 6) is 1.00. The van der Waals surface area contributed by atoms with Gasteiger partial charge >= 0.3 is 5.91 Å². The molecule has 0 aliphatic heterocycles. The van der Waals surface area contributed by atoms with E-state index in [9.17, 15) is 4.79 Å². The molecule has 1 aromatic heterocycles. The molecule has 3 aromatic rings. The molecule has 0 saturated carbocycles. The molecule has 2 aromatic carbocycles. The van der Waals surface area contributed by atoms with Crippen molar-refractivity contribution in [3.05, 3.63) is 54.2 Å². The van der Waals surface area contributed by atoms with E-state index in [2.05, 4.69) is 65.0 Å². The summed E-state index contributed by atoms with van der Waals surface area (Å²) in [7, 11) is 0. The van der Waals surface area contributed by atoms with Gasteiger partial charge in [-0.2, -0.15) is 5.10 Å². The van der Waals surface area contributed by atoms with E-state index in [-0.39, 0.29) is 5.76 Å². The SMILES string of the molecule is CCOc1cc(/C=N\NC(=O)c2cc3cc(Br)cc(I)c3o2)cc(Br)c1OCC. The number of fused-ring (bicyclic) bond motifs is 1. The fraction of sp³-hybridized carbons (Fsp3) is 0.200. The molecule has 0 saturated heterocycles. The average Bonchev–Trinajstić information content (AvgIpc) is 3.09. The summed E-state index contributed by atoms with van der Waals surface area (Å²) in [4.78, 5) is 12.4. The lowest BCUT2D eigenvalue weighted by atomic mass is 10.2. The van der Waals surface area contributed by atoms with Crippen LogP contribution in [0.15, 0.2) is 48.8 Å². The first-order valence-electron chi connectivity index (χ1n) is 8.74. The first-order chi connectivity index (χ1) is 13.9. The van der Waals surface area contributed by atoms with Crippen LogP contribution in [0.2, 0.25) is 0 Å². The minimum Gasteiger partial charge on any atom is -0.490 e. The fourth-order valence-electron chi connectivity index (χ4n) is 2.62. The van der Waals surface area contributed by atoms with E-state index in [1.807, 2.05) is 32.0 Å². The second-order valence-corrected chi connectivity index (χ2v) is 8.74. The molecule has 0 aliphatic carbocycles. The monoisotopic (exact) mass is 634 g/mol. The molecule has 3 rings (SSSR count). The van der Waals surface area contributed by atoms with Crippen molar-refractivity contribution in [1.29, 1.82) is 0 Å². The molecule has 152 valence electrons. The highest BCUT2D eigenvalue weighted by molar-refractivity contribution is 14.1. The molecule has 1 N–H and O–H groups in total. The van der Waals surface area contributed by atoms with Crippen LogP contribution in [-0.4, -0.2) is 25.3 Å². The predicted molar refractivity (Wildman–Crippen MR) is 128 cm³/mol. The maximum Gasteiger partial charge on any atom is 0.307 e. The lowest BCUT2D eigenvalue weighted by Crippen LogP contribution is -2.16. The summed E-state index contributed by atoms with van der Waals surface area (Å²) in [6.07, 6.45) is 1.53. The van der Waals surface area contributed by atoms with Crippen LogP contribution in [0.25, 0.3) is 11.0 Å². The number of amides is 1. The molecule has 0 unspecified atom stereocenters. The van der Waals surface area contributed by atoms with Crippen LogP contribution >= 0.6 is 54.5 Å². The van der Waals surface area contributed by atoms with Gasteiger partial charge in [-0.25, -0.2) is 5.43 Å². The van der Waals surface area contributed by atoms with Crippen molar-refractivity contribution < 1.29 is 18.7 Å². The number of carbonyl (C=O) groups excluding carboxylic acids is 1. The van der Waals surface area contributed by atoms with Crippen LogP contribution < -0.4 is 14.9 Å². The van der Waals surface area contributed by atoms with Gasteiger partial charge in [0.2, 0.25) is 0 Å². The van der Waals surface area contributed by atoms with E-state index < -0.39 is 5.91 Å². The normalized spacial score (nSPS) is 11.2. The van der Waals surface area contributed by atoms with Gasteiger partial charge in [-0.3, -0.25) is 4.79 Å². The Hall–Kier alpha value is -1.59. The van der Waals surface area contributed by atoms with Gasteiger partial charge in [0.25, 0.3) is 0 Å². The number of hydrazone groups is 1. The number of rotatable bonds is 7. The van der Waals surface area contributed by atoms with Crippen molar-refractivity contribution >= 4 is 77.5 Å². The summed E-state index contributed by atoms with van der Waals surface area (Å²) >= 11 is 9.09. The molecular weight excluding hydrogens is 619 g/mol. The summed E-state index contributed by atoms with van der Waals surface area (Å²) in [6, 6.07) is 9.15. The Kier molecular flexibility index (Phi) is 7.58. The topological polar surface area (TPSA) is 73.1 Å². The van der Waals surface area contributed by atoms with Crippen LogP contribution in [0.3, 0.4) is 0 Å². The Labute approximate surface area is 198 Å². The zero-order valence-corrected chi connectivity index (χ0v) is 20.9. The number of benzene rings is 2. The van der Waals surface area contributed by atoms with Crippen molar-refractivity contribution in [2.45, 2.75) is 13.8 Å². The van der Waals surface area contributed by atoms with Gasteiger partial charge in [-0.15, -0.1) is 0 Å². The van der Waals surface area contributed by atoms with Crippen molar-refractivity contribution in [2.75, 3.05) is 13.2 Å². The molecule has 0 atom stereocenters. The van der Waals surface area contributed by atoms with E-state index >= 15 is 0 Å². The maximum atomic E-state index is 12.4. The smallest absolute Gasteiger partial charge is 0.307 e. The van der Waals surface area contributed by atoms with Gasteiger partial charge in [0.15, 0.2) is 17.3 Å². The van der Waals surface area contributed by atoms with Gasteiger partial charge in [0.05, 0.1) is 27.5 Å². The summed E-state index contributed by atoms with van der Waals surface area (Å²) in [5, 5.41) is 4.88. The third-order valence-electron chi connectivity index (χ3n) is 3.76. The Bertz CT molecular complexity index is 1080. The van der Waals surface area contributed by atoms with Gasteiger partial charge in [0, 0.05) is 9.86 Å². The van der Waals surface area contributed by atoms with Gasteiger partial charge in [-0.1, -0.05) is 15.9 Å². The highest BCUT2D eigenvalue weighted by Gasteiger charge is 2.15. The molecule has 29 heavy (non-hydrogen) atoms. The number of furan rings is 1. The van der Waals surface area contributed by atoms with Gasteiger partial charge < -0.3 is 13.9 Å².